The van der Waals surface area contributed by atoms with Crippen molar-refractivity contribution >= 4 is 5.91 Å². The summed E-state index contributed by atoms with van der Waals surface area (Å²) < 4.78 is 1.94. The minimum atomic E-state index is -0.269. The molecule has 0 saturated heterocycles. The van der Waals surface area contributed by atoms with Crippen LogP contribution in [-0.4, -0.2) is 36.7 Å². The van der Waals surface area contributed by atoms with Crippen molar-refractivity contribution in [3.05, 3.63) is 30.4 Å². The molecule has 2 N–H and O–H groups in total. The third kappa shape index (κ3) is 3.43. The van der Waals surface area contributed by atoms with Crippen molar-refractivity contribution in [3.8, 4) is 0 Å². The molecule has 0 bridgehead atoms. The molecular formula is C13H20N6O. The van der Waals surface area contributed by atoms with Gasteiger partial charge in [-0.1, -0.05) is 20.8 Å². The summed E-state index contributed by atoms with van der Waals surface area (Å²) in [5.41, 5.74) is -0.0920. The van der Waals surface area contributed by atoms with E-state index in [0.29, 0.717) is 12.4 Å². The molecule has 1 atom stereocenters. The number of rotatable bonds is 4. The number of amides is 1. The lowest BCUT2D eigenvalue weighted by molar-refractivity contribution is 0.0882. The van der Waals surface area contributed by atoms with Crippen LogP contribution in [0.1, 0.15) is 37.2 Å². The summed E-state index contributed by atoms with van der Waals surface area (Å²) >= 11 is 0. The van der Waals surface area contributed by atoms with Gasteiger partial charge in [0.25, 0.3) is 5.91 Å². The number of carbonyl (C=O) groups is 1. The third-order valence-corrected chi connectivity index (χ3v) is 3.10. The number of aromatic nitrogens is 5. The molecule has 1 amide bonds. The predicted molar refractivity (Wildman–Crippen MR) is 74.1 cm³/mol. The molecule has 2 aromatic rings. The van der Waals surface area contributed by atoms with Crippen molar-refractivity contribution in [2.45, 2.75) is 40.3 Å². The number of nitrogens with one attached hydrogen (secondary N) is 2. The molecule has 20 heavy (non-hydrogen) atoms. The van der Waals surface area contributed by atoms with Crippen LogP contribution < -0.4 is 5.32 Å². The summed E-state index contributed by atoms with van der Waals surface area (Å²) in [5.74, 6) is 0.522. The molecule has 0 aliphatic rings. The molecular weight excluding hydrogens is 256 g/mol. The van der Waals surface area contributed by atoms with E-state index in [1.807, 2.05) is 10.8 Å². The molecule has 0 spiro atoms. The van der Waals surface area contributed by atoms with Gasteiger partial charge in [0.2, 0.25) is 5.82 Å². The molecule has 0 aliphatic heterocycles. The van der Waals surface area contributed by atoms with Crippen LogP contribution in [0.3, 0.4) is 0 Å². The average Bonchev–Trinajstić information content (AvgIpc) is 2.98. The summed E-state index contributed by atoms with van der Waals surface area (Å²) in [6.07, 6.45) is 5.34. The first-order valence-corrected chi connectivity index (χ1v) is 6.52. The lowest BCUT2D eigenvalue weighted by atomic mass is 9.86. The Balaban J connectivity index is 2.10. The monoisotopic (exact) mass is 276 g/mol. The van der Waals surface area contributed by atoms with Gasteiger partial charge in [-0.25, -0.2) is 9.97 Å². The van der Waals surface area contributed by atoms with E-state index >= 15 is 0 Å². The van der Waals surface area contributed by atoms with Gasteiger partial charge in [-0.15, -0.1) is 5.10 Å². The highest BCUT2D eigenvalue weighted by Gasteiger charge is 2.28. The number of carbonyl (C=O) groups excluding carboxylic acids is 1. The van der Waals surface area contributed by atoms with Gasteiger partial charge in [0.05, 0.1) is 12.4 Å². The summed E-state index contributed by atoms with van der Waals surface area (Å²) in [4.78, 5) is 20.2. The van der Waals surface area contributed by atoms with Crippen LogP contribution in [0.25, 0.3) is 0 Å². The maximum atomic E-state index is 12.2. The minimum absolute atomic E-state index is 0.0528. The molecule has 7 heteroatoms. The highest BCUT2D eigenvalue weighted by Crippen LogP contribution is 2.21. The first-order valence-electron chi connectivity index (χ1n) is 6.52. The predicted octanol–water partition coefficient (Wildman–Crippen LogP) is 1.15. The fourth-order valence-electron chi connectivity index (χ4n) is 1.81. The Bertz CT molecular complexity index is 566. The van der Waals surface area contributed by atoms with Crippen LogP contribution in [0.5, 0.6) is 0 Å². The van der Waals surface area contributed by atoms with Gasteiger partial charge in [-0.2, -0.15) is 0 Å². The second-order valence-corrected chi connectivity index (χ2v) is 5.90. The number of imidazole rings is 1. The smallest absolute Gasteiger partial charge is 0.291 e. The zero-order chi connectivity index (χ0) is 14.8. The van der Waals surface area contributed by atoms with Crippen molar-refractivity contribution in [2.75, 3.05) is 0 Å². The van der Waals surface area contributed by atoms with Crippen molar-refractivity contribution in [1.29, 1.82) is 0 Å². The Morgan fingerprint density at radius 1 is 1.50 bits per heavy atom. The van der Waals surface area contributed by atoms with Crippen molar-refractivity contribution in [3.63, 3.8) is 0 Å². The van der Waals surface area contributed by atoms with Gasteiger partial charge in [-0.3, -0.25) is 9.89 Å². The van der Waals surface area contributed by atoms with Crippen LogP contribution in [0.4, 0.5) is 0 Å². The first-order chi connectivity index (χ1) is 9.36. The van der Waals surface area contributed by atoms with Gasteiger partial charge in [-0.05, 0) is 12.3 Å². The minimum Gasteiger partial charge on any atom is -0.344 e. The van der Waals surface area contributed by atoms with E-state index in [9.17, 15) is 4.79 Å². The molecule has 7 nitrogen and oxygen atoms in total. The van der Waals surface area contributed by atoms with Crippen molar-refractivity contribution < 1.29 is 4.79 Å². The quantitative estimate of drug-likeness (QED) is 0.877. The van der Waals surface area contributed by atoms with E-state index in [4.69, 9.17) is 0 Å². The first kappa shape index (κ1) is 14.2. The number of aromatic amines is 1. The topological polar surface area (TPSA) is 88.5 Å². The molecule has 2 heterocycles. The van der Waals surface area contributed by atoms with Gasteiger partial charge >= 0.3 is 0 Å². The van der Waals surface area contributed by atoms with E-state index < -0.39 is 0 Å². The second kappa shape index (κ2) is 5.44. The Morgan fingerprint density at radius 3 is 2.75 bits per heavy atom. The van der Waals surface area contributed by atoms with E-state index in [2.05, 4.69) is 46.3 Å². The Hall–Kier alpha value is -2.18. The second-order valence-electron chi connectivity index (χ2n) is 5.90. The maximum absolute atomic E-state index is 12.2. The number of nitrogens with zero attached hydrogens (tertiary/aromatic N) is 4. The molecule has 0 radical (unpaired) electrons. The summed E-state index contributed by atoms with van der Waals surface area (Å²) in [6, 6.07) is -0.0528. The van der Waals surface area contributed by atoms with Crippen LogP contribution in [0, 0.1) is 12.3 Å². The number of hydrogen-bond donors (Lipinski definition) is 2. The number of hydrogen-bond acceptors (Lipinski definition) is 4. The van der Waals surface area contributed by atoms with Crippen molar-refractivity contribution in [1.82, 2.24) is 30.0 Å². The van der Waals surface area contributed by atoms with Crippen molar-refractivity contribution in [2.24, 2.45) is 5.41 Å². The van der Waals surface area contributed by atoms with Crippen LogP contribution in [-0.2, 0) is 6.54 Å². The zero-order valence-electron chi connectivity index (χ0n) is 12.2. The summed E-state index contributed by atoms with van der Waals surface area (Å²) in [5, 5.41) is 9.54. The highest BCUT2D eigenvalue weighted by atomic mass is 16.2. The zero-order valence-corrected chi connectivity index (χ0v) is 12.2. The largest absolute Gasteiger partial charge is 0.344 e. The van der Waals surface area contributed by atoms with Gasteiger partial charge in [0.1, 0.15) is 5.82 Å². The Morgan fingerprint density at radius 2 is 2.25 bits per heavy atom. The molecule has 0 aromatic carbocycles. The standard InChI is InChI=1S/C13H20N6O/c1-9-15-11(18-17-9)12(20)16-10(13(2,3)4)7-19-6-5-14-8-19/h5-6,8,10H,7H2,1-4H3,(H,16,20)(H,15,17,18). The molecule has 2 rings (SSSR count). The van der Waals surface area contributed by atoms with Crippen LogP contribution in [0.15, 0.2) is 18.7 Å². The average molecular weight is 276 g/mol. The van der Waals surface area contributed by atoms with Crippen LogP contribution in [0.2, 0.25) is 0 Å². The Labute approximate surface area is 117 Å². The van der Waals surface area contributed by atoms with Crippen LogP contribution >= 0.6 is 0 Å². The van der Waals surface area contributed by atoms with E-state index in [-0.39, 0.29) is 23.2 Å². The van der Waals surface area contributed by atoms with E-state index in [1.54, 1.807) is 19.4 Å². The SMILES string of the molecule is Cc1nc(C(=O)NC(Cn2ccnc2)C(C)(C)C)n[nH]1. The molecule has 0 aliphatic carbocycles. The number of H-pyrrole nitrogens is 1. The molecule has 2 aromatic heterocycles. The van der Waals surface area contributed by atoms with E-state index in [1.165, 1.54) is 0 Å². The van der Waals surface area contributed by atoms with Gasteiger partial charge in [0, 0.05) is 18.9 Å². The van der Waals surface area contributed by atoms with E-state index in [0.717, 1.165) is 0 Å². The maximum Gasteiger partial charge on any atom is 0.291 e. The Kier molecular flexibility index (Phi) is 3.87. The van der Waals surface area contributed by atoms with Gasteiger partial charge in [0.15, 0.2) is 0 Å². The summed E-state index contributed by atoms with van der Waals surface area (Å²) in [7, 11) is 0. The molecule has 0 fully saturated rings. The fourth-order valence-corrected chi connectivity index (χ4v) is 1.81. The summed E-state index contributed by atoms with van der Waals surface area (Å²) in [6.45, 7) is 8.66. The number of aryl methyl sites for hydroxylation is 1. The lowest BCUT2D eigenvalue weighted by Gasteiger charge is -2.31. The molecule has 108 valence electrons. The lowest BCUT2D eigenvalue weighted by Crippen LogP contribution is -2.46. The molecule has 0 saturated carbocycles. The van der Waals surface area contributed by atoms with Gasteiger partial charge < -0.3 is 9.88 Å². The normalized spacial score (nSPS) is 13.2. The third-order valence-electron chi connectivity index (χ3n) is 3.10. The fraction of sp³-hybridized carbons (Fsp3) is 0.538. The molecule has 1 unspecified atom stereocenters. The highest BCUT2D eigenvalue weighted by molar-refractivity contribution is 5.90.